The number of hydrazine groups is 1. The smallest absolute Gasteiger partial charge is 0.275 e. The van der Waals surface area contributed by atoms with Gasteiger partial charge >= 0.3 is 0 Å². The predicted octanol–water partition coefficient (Wildman–Crippen LogP) is 5.47. The summed E-state index contributed by atoms with van der Waals surface area (Å²) in [5.41, 5.74) is 0.298. The van der Waals surface area contributed by atoms with Gasteiger partial charge in [0.15, 0.2) is 5.78 Å². The van der Waals surface area contributed by atoms with Crippen molar-refractivity contribution in [3.05, 3.63) is 80.8 Å². The highest BCUT2D eigenvalue weighted by atomic mass is 35.5. The molecule has 0 N–H and O–H groups in total. The van der Waals surface area contributed by atoms with E-state index in [1.807, 2.05) is 19.1 Å². The highest BCUT2D eigenvalue weighted by molar-refractivity contribution is 6.37. The van der Waals surface area contributed by atoms with Crippen LogP contribution in [0.25, 0.3) is 0 Å². The molecule has 6 nitrogen and oxygen atoms in total. The number of fused-ring (bicyclic) bond motifs is 1. The molecule has 0 bridgehead atoms. The Labute approximate surface area is 212 Å². The normalized spacial score (nSPS) is 22.5. The van der Waals surface area contributed by atoms with Crippen molar-refractivity contribution in [2.75, 3.05) is 0 Å². The number of hydrogen-bond acceptors (Lipinski definition) is 4. The molecule has 1 aliphatic carbocycles. The molecule has 2 aromatic rings. The van der Waals surface area contributed by atoms with Crippen LogP contribution in [-0.2, 0) is 9.59 Å². The Bertz CT molecular complexity index is 1210. The second kappa shape index (κ2) is 9.53. The maximum Gasteiger partial charge on any atom is 0.275 e. The first-order chi connectivity index (χ1) is 16.1. The molecular weight excluding hydrogens is 499 g/mol. The molecule has 4 atom stereocenters. The van der Waals surface area contributed by atoms with E-state index in [-0.39, 0.29) is 22.1 Å². The molecule has 0 saturated carbocycles. The molecule has 2 aromatic carbocycles. The van der Waals surface area contributed by atoms with Gasteiger partial charge in [0.05, 0.1) is 22.4 Å². The van der Waals surface area contributed by atoms with Gasteiger partial charge in [0.2, 0.25) is 0 Å². The largest absolute Gasteiger partial charge is 0.292 e. The molecule has 2 aliphatic rings. The van der Waals surface area contributed by atoms with Crippen molar-refractivity contribution < 1.29 is 19.2 Å². The number of halogens is 3. The number of benzene rings is 2. The van der Waals surface area contributed by atoms with Gasteiger partial charge in [0.1, 0.15) is 6.04 Å². The predicted molar refractivity (Wildman–Crippen MR) is 130 cm³/mol. The van der Waals surface area contributed by atoms with Gasteiger partial charge in [-0.05, 0) is 61.7 Å². The molecule has 1 fully saturated rings. The summed E-state index contributed by atoms with van der Waals surface area (Å²) >= 11 is 18.2. The van der Waals surface area contributed by atoms with E-state index < -0.39 is 41.4 Å². The van der Waals surface area contributed by atoms with Crippen LogP contribution in [-0.4, -0.2) is 39.6 Å². The molecule has 34 heavy (non-hydrogen) atoms. The molecule has 176 valence electrons. The summed E-state index contributed by atoms with van der Waals surface area (Å²) < 4.78 is 0. The first-order valence-electron chi connectivity index (χ1n) is 10.7. The Balaban J connectivity index is 1.79. The number of imide groups is 1. The minimum absolute atomic E-state index is 0.0171. The number of allylic oxidation sites excluding steroid dienone is 2. The van der Waals surface area contributed by atoms with E-state index in [2.05, 4.69) is 0 Å². The maximum atomic E-state index is 13.7. The number of carbonyl (C=O) groups excluding carboxylic acids is 4. The lowest BCUT2D eigenvalue weighted by atomic mass is 9.78. The standard InChI is InChI=1S/C25H21Cl3N2O4/c1-13-4-3-5-19-21(13)25(34)30(24(19)33)29(23(32)18-11-10-17(27)12-20(18)28)14(2)22(31)15-6-8-16(26)9-7-15/h3-4,6-14,19,21H,5H2,1-2H3/t13-,14+,19+,21+/m1/s1. The van der Waals surface area contributed by atoms with Crippen molar-refractivity contribution in [3.8, 4) is 0 Å². The fourth-order valence-corrected chi connectivity index (χ4v) is 5.15. The summed E-state index contributed by atoms with van der Waals surface area (Å²) in [5, 5.41) is 2.57. The van der Waals surface area contributed by atoms with Crippen LogP contribution in [0.2, 0.25) is 15.1 Å². The van der Waals surface area contributed by atoms with Crippen LogP contribution in [0.15, 0.2) is 54.6 Å². The summed E-state index contributed by atoms with van der Waals surface area (Å²) in [5.74, 6) is -3.62. The highest BCUT2D eigenvalue weighted by Gasteiger charge is 2.54. The maximum absolute atomic E-state index is 13.7. The van der Waals surface area contributed by atoms with Crippen LogP contribution in [0.5, 0.6) is 0 Å². The summed E-state index contributed by atoms with van der Waals surface area (Å²) in [4.78, 5) is 54.0. The van der Waals surface area contributed by atoms with Gasteiger partial charge in [-0.3, -0.25) is 19.2 Å². The number of nitrogens with zero attached hydrogens (tertiary/aromatic N) is 2. The Morgan fingerprint density at radius 1 is 1.00 bits per heavy atom. The first-order valence-corrected chi connectivity index (χ1v) is 11.9. The minimum Gasteiger partial charge on any atom is -0.292 e. The number of Topliss-reactive ketones (excluding diaryl/α,β-unsaturated/α-hetero) is 1. The second-order valence-corrected chi connectivity index (χ2v) is 9.74. The molecule has 9 heteroatoms. The lowest BCUT2D eigenvalue weighted by Crippen LogP contribution is -2.56. The van der Waals surface area contributed by atoms with Crippen LogP contribution >= 0.6 is 34.8 Å². The average molecular weight is 520 g/mol. The van der Waals surface area contributed by atoms with Gasteiger partial charge in [-0.2, -0.15) is 5.01 Å². The van der Waals surface area contributed by atoms with Crippen molar-refractivity contribution in [2.24, 2.45) is 17.8 Å². The fourth-order valence-electron chi connectivity index (χ4n) is 4.54. The average Bonchev–Trinajstić information content (AvgIpc) is 3.05. The van der Waals surface area contributed by atoms with Gasteiger partial charge in [0, 0.05) is 15.6 Å². The van der Waals surface area contributed by atoms with Crippen molar-refractivity contribution in [3.63, 3.8) is 0 Å². The summed E-state index contributed by atoms with van der Waals surface area (Å²) in [6, 6.07) is 9.24. The Morgan fingerprint density at radius 3 is 2.26 bits per heavy atom. The summed E-state index contributed by atoms with van der Waals surface area (Å²) in [7, 11) is 0. The Morgan fingerprint density at radius 2 is 1.65 bits per heavy atom. The Hall–Kier alpha value is -2.67. The lowest BCUT2D eigenvalue weighted by molar-refractivity contribution is -0.156. The van der Waals surface area contributed by atoms with Crippen LogP contribution in [0.4, 0.5) is 0 Å². The zero-order chi connectivity index (χ0) is 24.7. The number of amides is 3. The monoisotopic (exact) mass is 518 g/mol. The third kappa shape index (κ3) is 4.26. The zero-order valence-electron chi connectivity index (χ0n) is 18.4. The minimum atomic E-state index is -1.18. The third-order valence-electron chi connectivity index (χ3n) is 6.31. The van der Waals surface area contributed by atoms with E-state index in [9.17, 15) is 19.2 Å². The zero-order valence-corrected chi connectivity index (χ0v) is 20.6. The van der Waals surface area contributed by atoms with Crippen molar-refractivity contribution in [2.45, 2.75) is 26.3 Å². The molecule has 1 heterocycles. The SMILES string of the molecule is C[C@@H]1C=CC[C@@H]2C(=O)N(N(C(=O)c3ccc(Cl)cc3Cl)[C@@H](C)C(=O)c3ccc(Cl)cc3)C(=O)[C@@H]12. The van der Waals surface area contributed by atoms with E-state index in [1.165, 1.54) is 37.3 Å². The van der Waals surface area contributed by atoms with Gasteiger partial charge in [-0.1, -0.05) is 53.9 Å². The van der Waals surface area contributed by atoms with Gasteiger partial charge in [-0.25, -0.2) is 5.01 Å². The van der Waals surface area contributed by atoms with E-state index in [1.54, 1.807) is 12.1 Å². The third-order valence-corrected chi connectivity index (χ3v) is 7.11. The van der Waals surface area contributed by atoms with Crippen LogP contribution in [0, 0.1) is 17.8 Å². The van der Waals surface area contributed by atoms with E-state index in [4.69, 9.17) is 34.8 Å². The fraction of sp³-hybridized carbons (Fsp3) is 0.280. The summed E-state index contributed by atoms with van der Waals surface area (Å²) in [6.07, 6.45) is 4.14. The van der Waals surface area contributed by atoms with Gasteiger partial charge < -0.3 is 0 Å². The van der Waals surface area contributed by atoms with Crippen molar-refractivity contribution in [1.82, 2.24) is 10.0 Å². The molecule has 1 saturated heterocycles. The molecule has 0 aromatic heterocycles. The van der Waals surface area contributed by atoms with Gasteiger partial charge in [-0.15, -0.1) is 0 Å². The van der Waals surface area contributed by atoms with E-state index in [0.29, 0.717) is 16.5 Å². The molecule has 3 amide bonds. The number of hydrogen-bond donors (Lipinski definition) is 0. The lowest BCUT2D eigenvalue weighted by Gasteiger charge is -2.35. The number of carbonyl (C=O) groups is 4. The van der Waals surface area contributed by atoms with Crippen molar-refractivity contribution in [1.29, 1.82) is 0 Å². The van der Waals surface area contributed by atoms with E-state index >= 15 is 0 Å². The molecule has 4 rings (SSSR count). The molecular formula is C25H21Cl3N2O4. The highest BCUT2D eigenvalue weighted by Crippen LogP contribution is 2.40. The molecule has 1 aliphatic heterocycles. The summed E-state index contributed by atoms with van der Waals surface area (Å²) in [6.45, 7) is 3.33. The van der Waals surface area contributed by atoms with Crippen LogP contribution in [0.3, 0.4) is 0 Å². The topological polar surface area (TPSA) is 74.8 Å². The van der Waals surface area contributed by atoms with Crippen LogP contribution < -0.4 is 0 Å². The number of ketones is 1. The molecule has 0 radical (unpaired) electrons. The molecule has 0 unspecified atom stereocenters. The van der Waals surface area contributed by atoms with Crippen molar-refractivity contribution >= 4 is 58.3 Å². The van der Waals surface area contributed by atoms with Gasteiger partial charge in [0.25, 0.3) is 17.7 Å². The van der Waals surface area contributed by atoms with E-state index in [0.717, 1.165) is 10.0 Å². The Kier molecular flexibility index (Phi) is 6.85. The first kappa shape index (κ1) is 24.5. The molecule has 0 spiro atoms. The number of rotatable bonds is 5. The van der Waals surface area contributed by atoms with Crippen LogP contribution in [0.1, 0.15) is 41.0 Å². The quantitative estimate of drug-likeness (QED) is 0.298. The second-order valence-electron chi connectivity index (χ2n) is 8.46.